The third-order valence-electron chi connectivity index (χ3n) is 4.16. The van der Waals surface area contributed by atoms with Gasteiger partial charge in [0.25, 0.3) is 0 Å². The number of halogens is 5. The third-order valence-corrected chi connectivity index (χ3v) is 4.51. The largest absolute Gasteiger partial charge is 0.406 e. The predicted molar refractivity (Wildman–Crippen MR) is 83.4 cm³/mol. The molecule has 3 nitrogen and oxygen atoms in total. The van der Waals surface area contributed by atoms with E-state index in [-0.39, 0.29) is 11.4 Å². The molecule has 1 aromatic rings. The summed E-state index contributed by atoms with van der Waals surface area (Å²) in [4.78, 5) is 15.4. The van der Waals surface area contributed by atoms with E-state index in [2.05, 4.69) is 0 Å². The summed E-state index contributed by atoms with van der Waals surface area (Å²) < 4.78 is 51.7. The number of hydrogen-bond acceptors (Lipinski definition) is 2. The first-order valence-corrected chi connectivity index (χ1v) is 8.02. The van der Waals surface area contributed by atoms with Gasteiger partial charge >= 0.3 is 6.18 Å². The van der Waals surface area contributed by atoms with Gasteiger partial charge in [-0.25, -0.2) is 4.39 Å². The van der Waals surface area contributed by atoms with Crippen molar-refractivity contribution >= 4 is 17.5 Å². The summed E-state index contributed by atoms with van der Waals surface area (Å²) in [6.45, 7) is 0.00619. The van der Waals surface area contributed by atoms with E-state index in [0.717, 1.165) is 17.0 Å². The van der Waals surface area contributed by atoms with E-state index in [4.69, 9.17) is 11.6 Å². The number of nitrogens with zero attached hydrogens (tertiary/aromatic N) is 2. The number of likely N-dealkylation sites (tertiary alicyclic amines) is 1. The Morgan fingerprint density at radius 1 is 1.33 bits per heavy atom. The van der Waals surface area contributed by atoms with Crippen LogP contribution in [0, 0.1) is 5.82 Å². The Hall–Kier alpha value is -1.34. The summed E-state index contributed by atoms with van der Waals surface area (Å²) in [5, 5.41) is 0.0405. The van der Waals surface area contributed by atoms with E-state index in [1.807, 2.05) is 11.9 Å². The Labute approximate surface area is 143 Å². The Balaban J connectivity index is 2.14. The van der Waals surface area contributed by atoms with Gasteiger partial charge in [0.1, 0.15) is 12.4 Å². The Bertz CT molecular complexity index is 586. The van der Waals surface area contributed by atoms with Gasteiger partial charge in [0.15, 0.2) is 0 Å². The SMILES string of the molecule is CN1CCC(N(CC(F)(F)F)C(=O)Cc2ccc(F)cc2Cl)CC1. The van der Waals surface area contributed by atoms with Gasteiger partial charge in [-0.05, 0) is 50.7 Å². The van der Waals surface area contributed by atoms with Crippen molar-refractivity contribution in [2.75, 3.05) is 26.7 Å². The smallest absolute Gasteiger partial charge is 0.330 e. The maximum atomic E-state index is 13.1. The first-order chi connectivity index (χ1) is 11.2. The van der Waals surface area contributed by atoms with Crippen LogP contribution in [0.4, 0.5) is 17.6 Å². The molecule has 0 aliphatic carbocycles. The first kappa shape index (κ1) is 19.0. The van der Waals surface area contributed by atoms with Crippen LogP contribution in [-0.4, -0.2) is 54.6 Å². The molecule has 1 aliphatic heterocycles. The lowest BCUT2D eigenvalue weighted by Crippen LogP contribution is -2.50. The van der Waals surface area contributed by atoms with Crippen LogP contribution in [0.1, 0.15) is 18.4 Å². The molecule has 1 fully saturated rings. The average Bonchev–Trinajstić information content (AvgIpc) is 2.48. The second-order valence-corrected chi connectivity index (χ2v) is 6.49. The van der Waals surface area contributed by atoms with E-state index in [9.17, 15) is 22.4 Å². The second kappa shape index (κ2) is 7.70. The minimum atomic E-state index is -4.47. The molecule has 1 amide bonds. The topological polar surface area (TPSA) is 23.6 Å². The number of rotatable bonds is 4. The highest BCUT2D eigenvalue weighted by atomic mass is 35.5. The molecule has 1 aromatic carbocycles. The van der Waals surface area contributed by atoms with Crippen LogP contribution >= 0.6 is 11.6 Å². The van der Waals surface area contributed by atoms with Crippen molar-refractivity contribution in [2.45, 2.75) is 31.5 Å². The van der Waals surface area contributed by atoms with E-state index < -0.39 is 30.5 Å². The van der Waals surface area contributed by atoms with Gasteiger partial charge in [-0.3, -0.25) is 4.79 Å². The number of hydrogen-bond donors (Lipinski definition) is 0. The van der Waals surface area contributed by atoms with E-state index >= 15 is 0 Å². The van der Waals surface area contributed by atoms with Crippen LogP contribution in [0.2, 0.25) is 5.02 Å². The lowest BCUT2D eigenvalue weighted by molar-refractivity contribution is -0.167. The van der Waals surface area contributed by atoms with Crippen LogP contribution in [0.5, 0.6) is 0 Å². The Morgan fingerprint density at radius 2 is 1.96 bits per heavy atom. The molecule has 134 valence electrons. The van der Waals surface area contributed by atoms with Crippen LogP contribution in [0.25, 0.3) is 0 Å². The number of carbonyl (C=O) groups excluding carboxylic acids is 1. The highest BCUT2D eigenvalue weighted by Gasteiger charge is 2.37. The summed E-state index contributed by atoms with van der Waals surface area (Å²) in [7, 11) is 1.89. The van der Waals surface area contributed by atoms with Gasteiger partial charge < -0.3 is 9.80 Å². The lowest BCUT2D eigenvalue weighted by Gasteiger charge is -2.37. The minimum absolute atomic E-state index is 0.0405. The van der Waals surface area contributed by atoms with Gasteiger partial charge in [-0.15, -0.1) is 0 Å². The van der Waals surface area contributed by atoms with E-state index in [0.29, 0.717) is 31.5 Å². The van der Waals surface area contributed by atoms with Gasteiger partial charge in [0.2, 0.25) is 5.91 Å². The number of benzene rings is 1. The van der Waals surface area contributed by atoms with Crippen molar-refractivity contribution in [1.29, 1.82) is 0 Å². The van der Waals surface area contributed by atoms with Crippen LogP contribution in [0.3, 0.4) is 0 Å². The molecular formula is C16H19ClF4N2O. The zero-order valence-electron chi connectivity index (χ0n) is 13.2. The van der Waals surface area contributed by atoms with Crippen molar-refractivity contribution in [3.8, 4) is 0 Å². The fourth-order valence-corrected chi connectivity index (χ4v) is 3.08. The minimum Gasteiger partial charge on any atom is -0.330 e. The van der Waals surface area contributed by atoms with Gasteiger partial charge in [-0.1, -0.05) is 17.7 Å². The van der Waals surface area contributed by atoms with Gasteiger partial charge in [0, 0.05) is 11.1 Å². The van der Waals surface area contributed by atoms with Crippen molar-refractivity contribution in [3.05, 3.63) is 34.6 Å². The summed E-state index contributed by atoms with van der Waals surface area (Å²) in [6.07, 6.45) is -3.75. The molecule has 0 aromatic heterocycles. The Kier molecular flexibility index (Phi) is 6.09. The highest BCUT2D eigenvalue weighted by Crippen LogP contribution is 2.25. The van der Waals surface area contributed by atoms with Crippen molar-refractivity contribution < 1.29 is 22.4 Å². The maximum Gasteiger partial charge on any atom is 0.406 e. The molecule has 0 unspecified atom stereocenters. The second-order valence-electron chi connectivity index (χ2n) is 6.08. The maximum absolute atomic E-state index is 13.1. The van der Waals surface area contributed by atoms with E-state index in [1.54, 1.807) is 0 Å². The fourth-order valence-electron chi connectivity index (χ4n) is 2.85. The molecule has 1 aliphatic rings. The highest BCUT2D eigenvalue weighted by molar-refractivity contribution is 6.31. The third kappa shape index (κ3) is 5.34. The normalized spacial score (nSPS) is 17.1. The van der Waals surface area contributed by atoms with Crippen molar-refractivity contribution in [2.24, 2.45) is 0 Å². The molecule has 8 heteroatoms. The number of carbonyl (C=O) groups is 1. The van der Waals surface area contributed by atoms with Crippen LogP contribution < -0.4 is 0 Å². The van der Waals surface area contributed by atoms with Gasteiger partial charge in [-0.2, -0.15) is 13.2 Å². The molecule has 0 saturated carbocycles. The van der Waals surface area contributed by atoms with Gasteiger partial charge in [0.05, 0.1) is 6.42 Å². The molecule has 1 saturated heterocycles. The fraction of sp³-hybridized carbons (Fsp3) is 0.562. The van der Waals surface area contributed by atoms with Crippen molar-refractivity contribution in [3.63, 3.8) is 0 Å². The zero-order valence-corrected chi connectivity index (χ0v) is 14.0. The summed E-state index contributed by atoms with van der Waals surface area (Å²) in [6, 6.07) is 3.07. The van der Waals surface area contributed by atoms with Crippen molar-refractivity contribution in [1.82, 2.24) is 9.80 Å². The van der Waals surface area contributed by atoms with Crippen LogP contribution in [-0.2, 0) is 11.2 Å². The zero-order chi connectivity index (χ0) is 17.9. The molecule has 0 atom stereocenters. The number of amides is 1. The molecular weight excluding hydrogens is 348 g/mol. The monoisotopic (exact) mass is 366 g/mol. The van der Waals surface area contributed by atoms with E-state index in [1.165, 1.54) is 6.07 Å². The standard InChI is InChI=1S/C16H19ClF4N2O/c1-22-6-4-13(5-7-22)23(10-16(19,20)21)15(24)8-11-2-3-12(18)9-14(11)17/h2-3,9,13H,4-8,10H2,1H3. The predicted octanol–water partition coefficient (Wildman–Crippen LogP) is 3.51. The molecule has 2 rings (SSSR count). The molecule has 24 heavy (non-hydrogen) atoms. The molecule has 0 radical (unpaired) electrons. The summed E-state index contributed by atoms with van der Waals surface area (Å²) in [5.74, 6) is -1.20. The molecule has 0 bridgehead atoms. The number of alkyl halides is 3. The van der Waals surface area contributed by atoms with Crippen LogP contribution in [0.15, 0.2) is 18.2 Å². The first-order valence-electron chi connectivity index (χ1n) is 7.64. The Morgan fingerprint density at radius 3 is 2.50 bits per heavy atom. The molecule has 0 N–H and O–H groups in total. The number of piperidine rings is 1. The lowest BCUT2D eigenvalue weighted by atomic mass is 10.0. The average molecular weight is 367 g/mol. The molecule has 0 spiro atoms. The summed E-state index contributed by atoms with van der Waals surface area (Å²) >= 11 is 5.88. The quantitative estimate of drug-likeness (QED) is 0.761. The molecule has 1 heterocycles. The summed E-state index contributed by atoms with van der Waals surface area (Å²) in [5.41, 5.74) is 0.322.